The predicted molar refractivity (Wildman–Crippen MR) is 84.8 cm³/mol. The molecule has 2 aromatic rings. The minimum absolute atomic E-state index is 0.462. The van der Waals surface area contributed by atoms with Crippen LogP contribution in [-0.2, 0) is 6.54 Å². The van der Waals surface area contributed by atoms with E-state index in [4.69, 9.17) is 5.73 Å². The molecule has 1 aliphatic carbocycles. The molecular weight excluding hydrogens is 262 g/mol. The van der Waals surface area contributed by atoms with Crippen molar-refractivity contribution < 1.29 is 0 Å². The molecule has 2 N–H and O–H groups in total. The van der Waals surface area contributed by atoms with Crippen molar-refractivity contribution in [3.8, 4) is 5.69 Å². The first-order valence-electron chi connectivity index (χ1n) is 7.78. The van der Waals surface area contributed by atoms with Crippen LogP contribution < -0.4 is 10.6 Å². The van der Waals surface area contributed by atoms with Crippen LogP contribution >= 0.6 is 0 Å². The summed E-state index contributed by atoms with van der Waals surface area (Å²) in [5.74, 6) is 0.584. The average Bonchev–Trinajstić information content (AvgIpc) is 3.28. The van der Waals surface area contributed by atoms with Gasteiger partial charge in [-0.1, -0.05) is 5.21 Å². The average molecular weight is 285 g/mol. The molecule has 1 aliphatic rings. The number of hydrogen-bond donors (Lipinski definition) is 1. The van der Waals surface area contributed by atoms with Crippen molar-refractivity contribution >= 4 is 5.69 Å². The maximum Gasteiger partial charge on any atom is 0.100 e. The molecule has 0 saturated heterocycles. The Morgan fingerprint density at radius 1 is 1.19 bits per heavy atom. The van der Waals surface area contributed by atoms with Crippen molar-refractivity contribution in [1.29, 1.82) is 0 Å². The van der Waals surface area contributed by atoms with Gasteiger partial charge in [-0.05, 0) is 51.0 Å². The number of aromatic nitrogens is 3. The maximum absolute atomic E-state index is 5.79. The number of hydrogen-bond acceptors (Lipinski definition) is 4. The Morgan fingerprint density at radius 3 is 2.38 bits per heavy atom. The third-order valence-electron chi connectivity index (χ3n) is 4.16. The van der Waals surface area contributed by atoms with Crippen LogP contribution in [0.4, 0.5) is 5.69 Å². The third kappa shape index (κ3) is 2.65. The maximum atomic E-state index is 5.79. The van der Waals surface area contributed by atoms with Crippen molar-refractivity contribution in [3.05, 3.63) is 35.7 Å². The minimum atomic E-state index is 0.462. The Kier molecular flexibility index (Phi) is 3.92. The molecule has 0 spiro atoms. The van der Waals surface area contributed by atoms with Crippen LogP contribution in [-0.4, -0.2) is 28.1 Å². The summed E-state index contributed by atoms with van der Waals surface area (Å²) in [6.45, 7) is 6.85. The molecule has 5 heteroatoms. The first kappa shape index (κ1) is 14.1. The third-order valence-corrected chi connectivity index (χ3v) is 4.16. The van der Waals surface area contributed by atoms with Gasteiger partial charge < -0.3 is 10.6 Å². The summed E-state index contributed by atoms with van der Waals surface area (Å²) in [6, 6.07) is 8.55. The molecule has 1 aromatic heterocycles. The van der Waals surface area contributed by atoms with E-state index in [-0.39, 0.29) is 0 Å². The van der Waals surface area contributed by atoms with Crippen molar-refractivity contribution in [2.24, 2.45) is 5.73 Å². The zero-order valence-corrected chi connectivity index (χ0v) is 12.8. The van der Waals surface area contributed by atoms with Crippen molar-refractivity contribution in [1.82, 2.24) is 15.0 Å². The van der Waals surface area contributed by atoms with Crippen LogP contribution in [0, 0.1) is 0 Å². The van der Waals surface area contributed by atoms with Gasteiger partial charge in [-0.2, -0.15) is 0 Å². The van der Waals surface area contributed by atoms with Crippen molar-refractivity contribution in [3.63, 3.8) is 0 Å². The van der Waals surface area contributed by atoms with Gasteiger partial charge >= 0.3 is 0 Å². The van der Waals surface area contributed by atoms with Crippen LogP contribution in [0.5, 0.6) is 0 Å². The fraction of sp³-hybridized carbons (Fsp3) is 0.500. The number of nitrogens with zero attached hydrogens (tertiary/aromatic N) is 4. The first-order chi connectivity index (χ1) is 10.3. The Morgan fingerprint density at radius 2 is 1.86 bits per heavy atom. The quantitative estimate of drug-likeness (QED) is 0.885. The number of nitrogens with two attached hydrogens (primary N) is 1. The SMILES string of the molecule is CCN(CC)c1ccc(-n2nnc(CN)c2C2CC2)cc1. The van der Waals surface area contributed by atoms with E-state index in [0.29, 0.717) is 12.5 Å². The summed E-state index contributed by atoms with van der Waals surface area (Å²) in [7, 11) is 0. The van der Waals surface area contributed by atoms with Crippen LogP contribution in [0.2, 0.25) is 0 Å². The molecule has 0 radical (unpaired) electrons. The van der Waals surface area contributed by atoms with E-state index in [1.807, 2.05) is 4.68 Å². The molecule has 5 nitrogen and oxygen atoms in total. The Labute approximate surface area is 125 Å². The smallest absolute Gasteiger partial charge is 0.100 e. The van der Waals surface area contributed by atoms with Crippen LogP contribution in [0.25, 0.3) is 5.69 Å². The highest BCUT2D eigenvalue weighted by molar-refractivity contribution is 5.51. The molecule has 1 aromatic carbocycles. The van der Waals surface area contributed by atoms with Gasteiger partial charge in [0.25, 0.3) is 0 Å². The summed E-state index contributed by atoms with van der Waals surface area (Å²) in [5, 5.41) is 8.55. The molecule has 0 unspecified atom stereocenters. The van der Waals surface area contributed by atoms with Gasteiger partial charge in [0.05, 0.1) is 11.4 Å². The Balaban J connectivity index is 1.92. The zero-order chi connectivity index (χ0) is 14.8. The summed E-state index contributed by atoms with van der Waals surface area (Å²) in [6.07, 6.45) is 2.44. The lowest BCUT2D eigenvalue weighted by molar-refractivity contribution is 0.763. The van der Waals surface area contributed by atoms with Crippen LogP contribution in [0.3, 0.4) is 0 Å². The largest absolute Gasteiger partial charge is 0.372 e. The summed E-state index contributed by atoms with van der Waals surface area (Å²) in [5.41, 5.74) is 10.2. The fourth-order valence-corrected chi connectivity index (χ4v) is 2.82. The molecule has 21 heavy (non-hydrogen) atoms. The normalized spacial score (nSPS) is 14.4. The summed E-state index contributed by atoms with van der Waals surface area (Å²) in [4.78, 5) is 2.33. The van der Waals surface area contributed by atoms with E-state index in [1.165, 1.54) is 24.2 Å². The lowest BCUT2D eigenvalue weighted by Gasteiger charge is -2.21. The lowest BCUT2D eigenvalue weighted by Crippen LogP contribution is -2.21. The number of benzene rings is 1. The van der Waals surface area contributed by atoms with E-state index in [2.05, 4.69) is 53.3 Å². The lowest BCUT2D eigenvalue weighted by atomic mass is 10.2. The predicted octanol–water partition coefficient (Wildman–Crippen LogP) is 2.45. The topological polar surface area (TPSA) is 60.0 Å². The summed E-state index contributed by atoms with van der Waals surface area (Å²) < 4.78 is 1.96. The molecule has 0 amide bonds. The molecular formula is C16H23N5. The van der Waals surface area contributed by atoms with E-state index in [0.717, 1.165) is 24.5 Å². The van der Waals surface area contributed by atoms with Crippen LogP contribution in [0.1, 0.15) is 44.0 Å². The van der Waals surface area contributed by atoms with Crippen LogP contribution in [0.15, 0.2) is 24.3 Å². The first-order valence-corrected chi connectivity index (χ1v) is 7.78. The highest BCUT2D eigenvalue weighted by Crippen LogP contribution is 2.41. The molecule has 0 aliphatic heterocycles. The standard InChI is InChI=1S/C16H23N5/c1-3-20(4-2)13-7-9-14(10-8-13)21-16(12-5-6-12)15(11-17)18-19-21/h7-10,12H,3-6,11,17H2,1-2H3. The molecule has 1 fully saturated rings. The van der Waals surface area contributed by atoms with Gasteiger partial charge in [0, 0.05) is 31.2 Å². The Hall–Kier alpha value is -1.88. The molecule has 112 valence electrons. The minimum Gasteiger partial charge on any atom is -0.372 e. The highest BCUT2D eigenvalue weighted by Gasteiger charge is 2.31. The van der Waals surface area contributed by atoms with E-state index in [1.54, 1.807) is 0 Å². The second kappa shape index (κ2) is 5.85. The van der Waals surface area contributed by atoms with Gasteiger partial charge in [0.2, 0.25) is 0 Å². The van der Waals surface area contributed by atoms with Crippen molar-refractivity contribution in [2.75, 3.05) is 18.0 Å². The second-order valence-corrected chi connectivity index (χ2v) is 5.50. The molecule has 1 heterocycles. The van der Waals surface area contributed by atoms with Crippen molar-refractivity contribution in [2.45, 2.75) is 39.2 Å². The van der Waals surface area contributed by atoms with Gasteiger partial charge in [-0.3, -0.25) is 0 Å². The monoisotopic (exact) mass is 285 g/mol. The molecule has 0 bridgehead atoms. The van der Waals surface area contributed by atoms with Gasteiger partial charge in [0.1, 0.15) is 5.69 Å². The van der Waals surface area contributed by atoms with Gasteiger partial charge in [-0.25, -0.2) is 4.68 Å². The molecule has 3 rings (SSSR count). The Bertz CT molecular complexity index is 594. The highest BCUT2D eigenvalue weighted by atomic mass is 15.4. The van der Waals surface area contributed by atoms with Gasteiger partial charge in [-0.15, -0.1) is 5.10 Å². The molecule has 0 atom stereocenters. The fourth-order valence-electron chi connectivity index (χ4n) is 2.82. The van der Waals surface area contributed by atoms with E-state index in [9.17, 15) is 0 Å². The number of rotatable bonds is 6. The summed E-state index contributed by atoms with van der Waals surface area (Å²) >= 11 is 0. The zero-order valence-electron chi connectivity index (χ0n) is 12.8. The van der Waals surface area contributed by atoms with E-state index >= 15 is 0 Å². The molecule has 1 saturated carbocycles. The van der Waals surface area contributed by atoms with Gasteiger partial charge in [0.15, 0.2) is 0 Å². The second-order valence-electron chi connectivity index (χ2n) is 5.50. The van der Waals surface area contributed by atoms with E-state index < -0.39 is 0 Å². The number of anilines is 1.